The summed E-state index contributed by atoms with van der Waals surface area (Å²) in [4.78, 5) is 13.1. The van der Waals surface area contributed by atoms with Crippen molar-refractivity contribution in [2.75, 3.05) is 20.1 Å². The van der Waals surface area contributed by atoms with E-state index in [1.807, 2.05) is 30.1 Å². The van der Waals surface area contributed by atoms with E-state index in [0.717, 1.165) is 19.5 Å². The van der Waals surface area contributed by atoms with Gasteiger partial charge in [-0.15, -0.1) is 0 Å². The first-order valence-electron chi connectivity index (χ1n) is 6.44. The van der Waals surface area contributed by atoms with Crippen molar-refractivity contribution < 1.29 is 4.79 Å². The van der Waals surface area contributed by atoms with Crippen LogP contribution in [0.25, 0.3) is 6.08 Å². The van der Waals surface area contributed by atoms with Gasteiger partial charge in [-0.1, -0.05) is 42.5 Å². The zero-order valence-electron chi connectivity index (χ0n) is 10.8. The van der Waals surface area contributed by atoms with Crippen molar-refractivity contribution in [3.05, 3.63) is 42.0 Å². The van der Waals surface area contributed by atoms with Crippen LogP contribution >= 0.6 is 0 Å². The highest BCUT2D eigenvalue weighted by molar-refractivity contribution is 5.76. The number of amides is 1. The van der Waals surface area contributed by atoms with Crippen molar-refractivity contribution in [2.24, 2.45) is 0 Å². The molecule has 0 aromatic heterocycles. The number of nitrogens with zero attached hydrogens (tertiary/aromatic N) is 1. The average Bonchev–Trinajstić information content (AvgIpc) is 2.40. The highest BCUT2D eigenvalue weighted by Crippen LogP contribution is 2.09. The van der Waals surface area contributed by atoms with Crippen LogP contribution in [0.4, 0.5) is 0 Å². The third-order valence-electron chi connectivity index (χ3n) is 3.26. The molecular weight excluding hydrogens is 224 g/mol. The summed E-state index contributed by atoms with van der Waals surface area (Å²) in [6.45, 7) is 1.67. The molecule has 1 saturated heterocycles. The Balaban J connectivity index is 1.73. The molecule has 0 aliphatic carbocycles. The number of carbonyl (C=O) groups excluding carboxylic acids is 1. The summed E-state index contributed by atoms with van der Waals surface area (Å²) in [6.07, 6.45) is 5.86. The lowest BCUT2D eigenvalue weighted by molar-refractivity contribution is -0.132. The molecule has 1 aliphatic heterocycles. The number of likely N-dealkylation sites (N-methyl/N-ethyl adjacent to an activating group) is 1. The molecule has 1 heterocycles. The van der Waals surface area contributed by atoms with Gasteiger partial charge < -0.3 is 10.2 Å². The largest absolute Gasteiger partial charge is 0.344 e. The van der Waals surface area contributed by atoms with Crippen molar-refractivity contribution in [1.29, 1.82) is 0 Å². The summed E-state index contributed by atoms with van der Waals surface area (Å²) in [5.74, 6) is 0.257. The van der Waals surface area contributed by atoms with Crippen LogP contribution in [0.1, 0.15) is 18.4 Å². The Hall–Kier alpha value is -1.61. The van der Waals surface area contributed by atoms with Crippen molar-refractivity contribution in [2.45, 2.75) is 18.9 Å². The number of benzene rings is 1. The van der Waals surface area contributed by atoms with Crippen LogP contribution in [0.5, 0.6) is 0 Å². The average molecular weight is 244 g/mol. The first kappa shape index (κ1) is 12.8. The zero-order chi connectivity index (χ0) is 12.8. The van der Waals surface area contributed by atoms with Crippen LogP contribution in [-0.4, -0.2) is 37.0 Å². The Morgan fingerprint density at radius 1 is 1.39 bits per heavy atom. The first-order chi connectivity index (χ1) is 8.75. The number of hydrogen-bond acceptors (Lipinski definition) is 2. The molecule has 1 atom stereocenters. The fourth-order valence-electron chi connectivity index (χ4n) is 2.17. The van der Waals surface area contributed by atoms with E-state index in [9.17, 15) is 4.79 Å². The SMILES string of the molecule is CN1CC(NCC=Cc2ccccc2)CCC1=O. The van der Waals surface area contributed by atoms with Crippen molar-refractivity contribution >= 4 is 12.0 Å². The van der Waals surface area contributed by atoms with Gasteiger partial charge in [-0.2, -0.15) is 0 Å². The number of piperidine rings is 1. The lowest BCUT2D eigenvalue weighted by Crippen LogP contribution is -2.46. The topological polar surface area (TPSA) is 32.3 Å². The van der Waals surface area contributed by atoms with Gasteiger partial charge in [0, 0.05) is 32.6 Å². The van der Waals surface area contributed by atoms with Gasteiger partial charge in [0.05, 0.1) is 0 Å². The zero-order valence-corrected chi connectivity index (χ0v) is 10.8. The summed E-state index contributed by atoms with van der Waals surface area (Å²) < 4.78 is 0. The fourth-order valence-corrected chi connectivity index (χ4v) is 2.17. The maximum Gasteiger partial charge on any atom is 0.222 e. The van der Waals surface area contributed by atoms with Gasteiger partial charge in [-0.3, -0.25) is 4.79 Å². The maximum absolute atomic E-state index is 11.3. The summed E-state index contributed by atoms with van der Waals surface area (Å²) in [6, 6.07) is 10.7. The summed E-state index contributed by atoms with van der Waals surface area (Å²) in [5, 5.41) is 3.46. The van der Waals surface area contributed by atoms with Gasteiger partial charge in [-0.25, -0.2) is 0 Å². The van der Waals surface area contributed by atoms with Gasteiger partial charge in [0.2, 0.25) is 5.91 Å². The van der Waals surface area contributed by atoms with E-state index in [1.165, 1.54) is 5.56 Å². The molecule has 96 valence electrons. The molecule has 1 unspecified atom stereocenters. The Kier molecular flexibility index (Phi) is 4.53. The third-order valence-corrected chi connectivity index (χ3v) is 3.26. The van der Waals surface area contributed by atoms with Gasteiger partial charge >= 0.3 is 0 Å². The molecule has 0 bridgehead atoms. The monoisotopic (exact) mass is 244 g/mol. The molecule has 0 radical (unpaired) electrons. The lowest BCUT2D eigenvalue weighted by Gasteiger charge is -2.29. The maximum atomic E-state index is 11.3. The predicted molar refractivity (Wildman–Crippen MR) is 74.1 cm³/mol. The highest BCUT2D eigenvalue weighted by atomic mass is 16.2. The van der Waals surface area contributed by atoms with Crippen LogP contribution in [0, 0.1) is 0 Å². The lowest BCUT2D eigenvalue weighted by atomic mass is 10.1. The molecule has 3 heteroatoms. The minimum absolute atomic E-state index is 0.257. The van der Waals surface area contributed by atoms with Crippen molar-refractivity contribution in [3.63, 3.8) is 0 Å². The molecule has 1 fully saturated rings. The molecule has 1 aromatic carbocycles. The number of rotatable bonds is 4. The van der Waals surface area contributed by atoms with Crippen LogP contribution < -0.4 is 5.32 Å². The minimum Gasteiger partial charge on any atom is -0.344 e. The van der Waals surface area contributed by atoms with E-state index < -0.39 is 0 Å². The minimum atomic E-state index is 0.257. The van der Waals surface area contributed by atoms with Gasteiger partial charge in [0.25, 0.3) is 0 Å². The molecule has 0 spiro atoms. The van der Waals surface area contributed by atoms with E-state index in [2.05, 4.69) is 29.6 Å². The number of hydrogen-bond donors (Lipinski definition) is 1. The van der Waals surface area contributed by atoms with E-state index in [1.54, 1.807) is 0 Å². The van der Waals surface area contributed by atoms with Crippen molar-refractivity contribution in [3.8, 4) is 0 Å². The van der Waals surface area contributed by atoms with Crippen LogP contribution in [0.15, 0.2) is 36.4 Å². The molecule has 3 nitrogen and oxygen atoms in total. The molecule has 0 saturated carbocycles. The van der Waals surface area contributed by atoms with Crippen LogP contribution in [-0.2, 0) is 4.79 Å². The second kappa shape index (κ2) is 6.36. The van der Waals surface area contributed by atoms with E-state index >= 15 is 0 Å². The normalized spacial score (nSPS) is 20.6. The van der Waals surface area contributed by atoms with Gasteiger partial charge in [0.1, 0.15) is 0 Å². The highest BCUT2D eigenvalue weighted by Gasteiger charge is 2.21. The van der Waals surface area contributed by atoms with Crippen LogP contribution in [0.2, 0.25) is 0 Å². The molecule has 18 heavy (non-hydrogen) atoms. The quantitative estimate of drug-likeness (QED) is 0.877. The van der Waals surface area contributed by atoms with Crippen molar-refractivity contribution in [1.82, 2.24) is 10.2 Å². The number of nitrogens with one attached hydrogen (secondary N) is 1. The van der Waals surface area contributed by atoms with Gasteiger partial charge in [-0.05, 0) is 12.0 Å². The Bertz CT molecular complexity index is 414. The number of carbonyl (C=O) groups is 1. The smallest absolute Gasteiger partial charge is 0.222 e. The van der Waals surface area contributed by atoms with Crippen LogP contribution in [0.3, 0.4) is 0 Å². The molecule has 1 aromatic rings. The summed E-state index contributed by atoms with van der Waals surface area (Å²) in [5.41, 5.74) is 1.22. The Labute approximate surface area is 108 Å². The predicted octanol–water partition coefficient (Wildman–Crippen LogP) is 1.91. The molecule has 1 aliphatic rings. The van der Waals surface area contributed by atoms with Gasteiger partial charge in [0.15, 0.2) is 0 Å². The summed E-state index contributed by atoms with van der Waals surface area (Å²) >= 11 is 0. The van der Waals surface area contributed by atoms with E-state index in [-0.39, 0.29) is 5.91 Å². The Morgan fingerprint density at radius 2 is 2.17 bits per heavy atom. The molecule has 2 rings (SSSR count). The second-order valence-electron chi connectivity index (χ2n) is 4.73. The van der Waals surface area contributed by atoms with E-state index in [4.69, 9.17) is 0 Å². The summed E-state index contributed by atoms with van der Waals surface area (Å²) in [7, 11) is 1.87. The molecule has 1 amide bonds. The van der Waals surface area contributed by atoms with E-state index in [0.29, 0.717) is 12.5 Å². The molecular formula is C15H20N2O. The first-order valence-corrected chi connectivity index (χ1v) is 6.44. The second-order valence-corrected chi connectivity index (χ2v) is 4.73. The third kappa shape index (κ3) is 3.70. The molecule has 1 N–H and O–H groups in total. The number of likely N-dealkylation sites (tertiary alicyclic amines) is 1. The Morgan fingerprint density at radius 3 is 2.89 bits per heavy atom. The standard InChI is InChI=1S/C15H20N2O/c1-17-12-14(9-10-15(17)18)16-11-5-8-13-6-3-2-4-7-13/h2-8,14,16H,9-12H2,1H3. The fraction of sp³-hybridized carbons (Fsp3) is 0.400.